The monoisotopic (exact) mass is 297 g/mol. The van der Waals surface area contributed by atoms with Crippen LogP contribution in [-0.4, -0.2) is 31.1 Å². The van der Waals surface area contributed by atoms with Gasteiger partial charge in [0, 0.05) is 29.3 Å². The second kappa shape index (κ2) is 5.06. The number of hydrogen-bond donors (Lipinski definition) is 2. The Labute approximate surface area is 109 Å². The van der Waals surface area contributed by atoms with E-state index in [2.05, 4.69) is 26.1 Å². The lowest BCUT2D eigenvalue weighted by molar-refractivity contribution is -0.123. The molecule has 17 heavy (non-hydrogen) atoms. The highest BCUT2D eigenvalue weighted by molar-refractivity contribution is 9.10. The summed E-state index contributed by atoms with van der Waals surface area (Å²) in [6, 6.07) is 7.82. The third-order valence-electron chi connectivity index (χ3n) is 2.92. The van der Waals surface area contributed by atoms with Gasteiger partial charge in [-0.2, -0.15) is 0 Å². The van der Waals surface area contributed by atoms with Crippen LogP contribution in [0.2, 0.25) is 0 Å². The first-order chi connectivity index (χ1) is 8.11. The average Bonchev–Trinajstić information content (AvgIpc) is 2.29. The molecule has 2 rings (SSSR count). The zero-order chi connectivity index (χ0) is 12.4. The van der Waals surface area contributed by atoms with Crippen molar-refractivity contribution in [1.82, 2.24) is 5.32 Å². The molecule has 0 spiro atoms. The van der Waals surface area contributed by atoms with Crippen LogP contribution >= 0.6 is 15.9 Å². The molecule has 0 saturated carbocycles. The molecule has 1 amide bonds. The van der Waals surface area contributed by atoms with Crippen LogP contribution in [0, 0.1) is 0 Å². The van der Waals surface area contributed by atoms with Gasteiger partial charge in [-0.05, 0) is 31.2 Å². The average molecular weight is 298 g/mol. The molecule has 0 bridgehead atoms. The van der Waals surface area contributed by atoms with Gasteiger partial charge in [-0.15, -0.1) is 0 Å². The van der Waals surface area contributed by atoms with Gasteiger partial charge in [0.15, 0.2) is 0 Å². The summed E-state index contributed by atoms with van der Waals surface area (Å²) in [5.41, 5.74) is 6.72. The van der Waals surface area contributed by atoms with Gasteiger partial charge in [-0.3, -0.25) is 4.79 Å². The van der Waals surface area contributed by atoms with Crippen LogP contribution < -0.4 is 16.0 Å². The summed E-state index contributed by atoms with van der Waals surface area (Å²) >= 11 is 3.40. The molecule has 2 atom stereocenters. The molecule has 2 unspecified atom stereocenters. The molecule has 3 N–H and O–H groups in total. The van der Waals surface area contributed by atoms with Crippen molar-refractivity contribution in [3.63, 3.8) is 0 Å². The number of anilines is 1. The fraction of sp³-hybridized carbons (Fsp3) is 0.417. The van der Waals surface area contributed by atoms with E-state index in [1.165, 1.54) is 0 Å². The lowest BCUT2D eigenvalue weighted by atomic mass is 10.1. The number of nitrogens with one attached hydrogen (secondary N) is 1. The number of amides is 1. The second-order valence-corrected chi connectivity index (χ2v) is 5.21. The van der Waals surface area contributed by atoms with E-state index in [1.54, 1.807) is 0 Å². The number of halogens is 1. The molecule has 1 fully saturated rings. The van der Waals surface area contributed by atoms with Crippen LogP contribution in [0.4, 0.5) is 5.69 Å². The summed E-state index contributed by atoms with van der Waals surface area (Å²) < 4.78 is 1.03. The maximum absolute atomic E-state index is 11.8. The van der Waals surface area contributed by atoms with Crippen molar-refractivity contribution >= 4 is 27.5 Å². The van der Waals surface area contributed by atoms with Crippen molar-refractivity contribution in [2.24, 2.45) is 5.73 Å². The van der Waals surface area contributed by atoms with E-state index in [1.807, 2.05) is 31.2 Å². The molecule has 0 aliphatic carbocycles. The quantitative estimate of drug-likeness (QED) is 0.859. The summed E-state index contributed by atoms with van der Waals surface area (Å²) in [4.78, 5) is 13.9. The fourth-order valence-electron chi connectivity index (χ4n) is 2.10. The number of nitrogens with zero attached hydrogens (tertiary/aromatic N) is 1. The van der Waals surface area contributed by atoms with Crippen LogP contribution in [0.5, 0.6) is 0 Å². The van der Waals surface area contributed by atoms with Gasteiger partial charge >= 0.3 is 0 Å². The first-order valence-electron chi connectivity index (χ1n) is 5.64. The molecule has 1 aliphatic heterocycles. The molecule has 0 aromatic heterocycles. The van der Waals surface area contributed by atoms with E-state index in [-0.39, 0.29) is 18.0 Å². The number of piperazine rings is 1. The molecule has 1 aromatic carbocycles. The Morgan fingerprint density at radius 3 is 2.71 bits per heavy atom. The van der Waals surface area contributed by atoms with Crippen molar-refractivity contribution in [3.05, 3.63) is 28.7 Å². The SMILES string of the molecule is CC1CN(c2ccc(Br)cc2)C(CN)C(=O)N1. The Morgan fingerprint density at radius 2 is 2.12 bits per heavy atom. The highest BCUT2D eigenvalue weighted by Gasteiger charge is 2.31. The number of carbonyl (C=O) groups excluding carboxylic acids is 1. The van der Waals surface area contributed by atoms with E-state index >= 15 is 0 Å². The van der Waals surface area contributed by atoms with Crippen LogP contribution in [-0.2, 0) is 4.79 Å². The Morgan fingerprint density at radius 1 is 1.47 bits per heavy atom. The first kappa shape index (κ1) is 12.4. The van der Waals surface area contributed by atoms with Gasteiger partial charge in [-0.1, -0.05) is 15.9 Å². The summed E-state index contributed by atoms with van der Waals surface area (Å²) in [6.45, 7) is 3.11. The van der Waals surface area contributed by atoms with Crippen LogP contribution in [0.1, 0.15) is 6.92 Å². The summed E-state index contributed by atoms with van der Waals surface area (Å²) in [6.07, 6.45) is 0. The first-order valence-corrected chi connectivity index (χ1v) is 6.43. The zero-order valence-electron chi connectivity index (χ0n) is 9.69. The number of hydrogen-bond acceptors (Lipinski definition) is 3. The maximum atomic E-state index is 11.8. The molecule has 4 nitrogen and oxygen atoms in total. The normalized spacial score (nSPS) is 24.6. The highest BCUT2D eigenvalue weighted by Crippen LogP contribution is 2.22. The van der Waals surface area contributed by atoms with Gasteiger partial charge < -0.3 is 16.0 Å². The molecular weight excluding hydrogens is 282 g/mol. The summed E-state index contributed by atoms with van der Waals surface area (Å²) in [5, 5.41) is 2.92. The van der Waals surface area contributed by atoms with Gasteiger partial charge in [0.1, 0.15) is 6.04 Å². The molecule has 1 heterocycles. The van der Waals surface area contributed by atoms with Crippen molar-refractivity contribution in [1.29, 1.82) is 0 Å². The van der Waals surface area contributed by atoms with Crippen molar-refractivity contribution in [2.45, 2.75) is 19.0 Å². The van der Waals surface area contributed by atoms with Crippen LogP contribution in [0.3, 0.4) is 0 Å². The second-order valence-electron chi connectivity index (χ2n) is 4.29. The maximum Gasteiger partial charge on any atom is 0.244 e. The van der Waals surface area contributed by atoms with Crippen molar-refractivity contribution in [2.75, 3.05) is 18.0 Å². The molecular formula is C12H16BrN3O. The van der Waals surface area contributed by atoms with Gasteiger partial charge in [0.05, 0.1) is 0 Å². The topological polar surface area (TPSA) is 58.4 Å². The van der Waals surface area contributed by atoms with E-state index < -0.39 is 0 Å². The molecule has 1 aliphatic rings. The Kier molecular flexibility index (Phi) is 3.69. The number of nitrogens with two attached hydrogens (primary N) is 1. The standard InChI is InChI=1S/C12H16BrN3O/c1-8-7-16(11(6-14)12(17)15-8)10-4-2-9(13)3-5-10/h2-5,8,11H,6-7,14H2,1H3,(H,15,17). The predicted octanol–water partition coefficient (Wildman–Crippen LogP) is 1.10. The third-order valence-corrected chi connectivity index (χ3v) is 3.45. The Balaban J connectivity index is 2.27. The van der Waals surface area contributed by atoms with Gasteiger partial charge in [0.25, 0.3) is 0 Å². The summed E-state index contributed by atoms with van der Waals surface area (Å²) in [5.74, 6) is 0.00849. The van der Waals surface area contributed by atoms with Crippen LogP contribution in [0.15, 0.2) is 28.7 Å². The molecule has 1 aromatic rings. The minimum absolute atomic E-state index is 0.00849. The zero-order valence-corrected chi connectivity index (χ0v) is 11.3. The van der Waals surface area contributed by atoms with Crippen molar-refractivity contribution in [3.8, 4) is 0 Å². The lowest BCUT2D eigenvalue weighted by Gasteiger charge is -2.39. The van der Waals surface area contributed by atoms with E-state index in [0.717, 1.165) is 16.7 Å². The largest absolute Gasteiger partial charge is 0.356 e. The minimum Gasteiger partial charge on any atom is -0.356 e. The van der Waals surface area contributed by atoms with Gasteiger partial charge in [0.2, 0.25) is 5.91 Å². The van der Waals surface area contributed by atoms with Gasteiger partial charge in [-0.25, -0.2) is 0 Å². The van der Waals surface area contributed by atoms with Crippen LogP contribution in [0.25, 0.3) is 0 Å². The number of carbonyl (C=O) groups is 1. The van der Waals surface area contributed by atoms with E-state index in [9.17, 15) is 4.79 Å². The number of rotatable bonds is 2. The smallest absolute Gasteiger partial charge is 0.244 e. The molecule has 1 saturated heterocycles. The Bertz CT molecular complexity index is 407. The Hall–Kier alpha value is -1.07. The number of benzene rings is 1. The van der Waals surface area contributed by atoms with Crippen molar-refractivity contribution < 1.29 is 4.79 Å². The lowest BCUT2D eigenvalue weighted by Crippen LogP contribution is -2.61. The predicted molar refractivity (Wildman–Crippen MR) is 71.9 cm³/mol. The third kappa shape index (κ3) is 2.61. The van der Waals surface area contributed by atoms with E-state index in [0.29, 0.717) is 6.54 Å². The highest BCUT2D eigenvalue weighted by atomic mass is 79.9. The minimum atomic E-state index is -0.271. The summed E-state index contributed by atoms with van der Waals surface area (Å²) in [7, 11) is 0. The molecule has 5 heteroatoms. The van der Waals surface area contributed by atoms with E-state index in [4.69, 9.17) is 5.73 Å². The fourth-order valence-corrected chi connectivity index (χ4v) is 2.37. The molecule has 92 valence electrons. The molecule has 0 radical (unpaired) electrons.